The van der Waals surface area contributed by atoms with Gasteiger partial charge >= 0.3 is 5.69 Å². The molecule has 1 amide bonds. The van der Waals surface area contributed by atoms with Crippen LogP contribution in [0.1, 0.15) is 11.1 Å². The maximum Gasteiger partial charge on any atom is 0.311 e. The third-order valence-electron chi connectivity index (χ3n) is 3.25. The van der Waals surface area contributed by atoms with Crippen LogP contribution in [0.4, 0.5) is 5.69 Å². The molecule has 0 heterocycles. The fraction of sp³-hybridized carbons (Fsp3) is 0.176. The number of ether oxygens (including phenoxy) is 2. The molecule has 0 aromatic heterocycles. The van der Waals surface area contributed by atoms with Gasteiger partial charge in [0.1, 0.15) is 5.75 Å². The normalized spacial score (nSPS) is 10.6. The number of rotatable bonds is 7. The zero-order valence-corrected chi connectivity index (χ0v) is 14.8. The standard InChI is InChI=1S/C17H16ClN3O5/c1-11-3-5-16(14(7-11)21(23)24)26-10-17(22)20-19-9-12-4-6-15(25-2)13(18)8-12/h3-9H,10H2,1-2H3,(H,20,22)/b19-9-. The van der Waals surface area contributed by atoms with E-state index in [4.69, 9.17) is 21.1 Å². The van der Waals surface area contributed by atoms with Crippen molar-refractivity contribution in [3.05, 3.63) is 62.7 Å². The maximum absolute atomic E-state index is 11.8. The number of hydrogen-bond acceptors (Lipinski definition) is 6. The number of nitro benzene ring substituents is 1. The molecule has 1 N–H and O–H groups in total. The van der Waals surface area contributed by atoms with Crippen LogP contribution in [0.15, 0.2) is 41.5 Å². The first-order valence-corrected chi connectivity index (χ1v) is 7.82. The number of aryl methyl sites for hydroxylation is 1. The number of hydrazone groups is 1. The molecule has 0 bridgehead atoms. The topological polar surface area (TPSA) is 103 Å². The summed E-state index contributed by atoms with van der Waals surface area (Å²) in [7, 11) is 1.51. The van der Waals surface area contributed by atoms with Gasteiger partial charge in [0, 0.05) is 6.07 Å². The Bertz CT molecular complexity index is 854. The number of methoxy groups -OCH3 is 1. The molecule has 2 rings (SSSR count). The fourth-order valence-electron chi connectivity index (χ4n) is 2.01. The number of nitrogens with one attached hydrogen (secondary N) is 1. The number of amides is 1. The summed E-state index contributed by atoms with van der Waals surface area (Å²) in [5, 5.41) is 15.2. The summed E-state index contributed by atoms with van der Waals surface area (Å²) in [4.78, 5) is 22.2. The van der Waals surface area contributed by atoms with Crippen molar-refractivity contribution in [1.29, 1.82) is 0 Å². The SMILES string of the molecule is COc1ccc(/C=N\NC(=O)COc2ccc(C)cc2[N+](=O)[O-])cc1Cl. The molecule has 0 radical (unpaired) electrons. The second-order valence-electron chi connectivity index (χ2n) is 5.20. The summed E-state index contributed by atoms with van der Waals surface area (Å²) >= 11 is 5.99. The smallest absolute Gasteiger partial charge is 0.311 e. The minimum absolute atomic E-state index is 0.0154. The summed E-state index contributed by atoms with van der Waals surface area (Å²) in [5.74, 6) is -0.0154. The zero-order chi connectivity index (χ0) is 19.1. The highest BCUT2D eigenvalue weighted by Crippen LogP contribution is 2.27. The van der Waals surface area contributed by atoms with Gasteiger partial charge < -0.3 is 9.47 Å². The van der Waals surface area contributed by atoms with Crippen LogP contribution in [0.5, 0.6) is 11.5 Å². The molecule has 8 nitrogen and oxygen atoms in total. The Hall–Kier alpha value is -3.13. The van der Waals surface area contributed by atoms with Gasteiger partial charge in [-0.2, -0.15) is 5.10 Å². The maximum atomic E-state index is 11.8. The Balaban J connectivity index is 1.91. The molecule has 9 heteroatoms. The van der Waals surface area contributed by atoms with E-state index in [9.17, 15) is 14.9 Å². The number of nitrogens with zero attached hydrogens (tertiary/aromatic N) is 2. The summed E-state index contributed by atoms with van der Waals surface area (Å²) in [6, 6.07) is 9.49. The number of nitro groups is 1. The molecule has 0 aliphatic heterocycles. The number of hydrogen-bond donors (Lipinski definition) is 1. The van der Waals surface area contributed by atoms with Gasteiger partial charge in [-0.15, -0.1) is 0 Å². The van der Waals surface area contributed by atoms with E-state index in [1.165, 1.54) is 25.5 Å². The van der Waals surface area contributed by atoms with Gasteiger partial charge in [0.2, 0.25) is 0 Å². The second-order valence-corrected chi connectivity index (χ2v) is 5.61. The molecule has 0 spiro atoms. The molecule has 0 unspecified atom stereocenters. The van der Waals surface area contributed by atoms with Gasteiger partial charge in [0.15, 0.2) is 12.4 Å². The number of benzene rings is 2. The van der Waals surface area contributed by atoms with Gasteiger partial charge in [-0.1, -0.05) is 17.7 Å². The van der Waals surface area contributed by atoms with Crippen molar-refractivity contribution in [2.24, 2.45) is 5.10 Å². The summed E-state index contributed by atoms with van der Waals surface area (Å²) in [6.45, 7) is 1.31. The lowest BCUT2D eigenvalue weighted by atomic mass is 10.2. The average molecular weight is 378 g/mol. The zero-order valence-electron chi connectivity index (χ0n) is 14.1. The van der Waals surface area contributed by atoms with Gasteiger partial charge in [-0.05, 0) is 42.3 Å². The highest BCUT2D eigenvalue weighted by Gasteiger charge is 2.16. The van der Waals surface area contributed by atoms with Crippen LogP contribution in [0.25, 0.3) is 0 Å². The van der Waals surface area contributed by atoms with Crippen molar-refractivity contribution in [2.45, 2.75) is 6.92 Å². The predicted octanol–water partition coefficient (Wildman–Crippen LogP) is 3.09. The van der Waals surface area contributed by atoms with Crippen LogP contribution in [0.2, 0.25) is 5.02 Å². The van der Waals surface area contributed by atoms with Crippen molar-refractivity contribution >= 4 is 29.4 Å². The largest absolute Gasteiger partial charge is 0.495 e. The van der Waals surface area contributed by atoms with Crippen LogP contribution in [-0.2, 0) is 4.79 Å². The quantitative estimate of drug-likeness (QED) is 0.453. The van der Waals surface area contributed by atoms with Crippen molar-refractivity contribution in [2.75, 3.05) is 13.7 Å². The molecular formula is C17H16ClN3O5. The lowest BCUT2D eigenvalue weighted by Crippen LogP contribution is -2.24. The summed E-state index contributed by atoms with van der Waals surface area (Å²) in [6.07, 6.45) is 1.40. The van der Waals surface area contributed by atoms with E-state index in [0.717, 1.165) is 5.56 Å². The monoisotopic (exact) mass is 377 g/mol. The van der Waals surface area contributed by atoms with Crippen LogP contribution >= 0.6 is 11.6 Å². The lowest BCUT2D eigenvalue weighted by molar-refractivity contribution is -0.385. The predicted molar refractivity (Wildman–Crippen MR) is 97.1 cm³/mol. The van der Waals surface area contributed by atoms with E-state index in [1.807, 2.05) is 0 Å². The van der Waals surface area contributed by atoms with E-state index in [-0.39, 0.29) is 11.4 Å². The Morgan fingerprint density at radius 2 is 2.04 bits per heavy atom. The molecule has 0 aliphatic rings. The van der Waals surface area contributed by atoms with Crippen LogP contribution in [0, 0.1) is 17.0 Å². The van der Waals surface area contributed by atoms with E-state index < -0.39 is 17.4 Å². The van der Waals surface area contributed by atoms with Gasteiger partial charge in [-0.25, -0.2) is 5.43 Å². The van der Waals surface area contributed by atoms with Gasteiger partial charge in [0.25, 0.3) is 5.91 Å². The second kappa shape index (κ2) is 8.82. The van der Waals surface area contributed by atoms with Crippen molar-refractivity contribution in [3.63, 3.8) is 0 Å². The number of carbonyl (C=O) groups is 1. The first-order chi connectivity index (χ1) is 12.4. The Labute approximate surface area is 154 Å². The summed E-state index contributed by atoms with van der Waals surface area (Å²) in [5.41, 5.74) is 3.45. The van der Waals surface area contributed by atoms with Gasteiger partial charge in [-0.3, -0.25) is 14.9 Å². The average Bonchev–Trinajstić information content (AvgIpc) is 2.60. The van der Waals surface area contributed by atoms with Gasteiger partial charge in [0.05, 0.1) is 23.3 Å². The van der Waals surface area contributed by atoms with Crippen molar-refractivity contribution in [3.8, 4) is 11.5 Å². The Kier molecular flexibility index (Phi) is 6.51. The molecule has 0 saturated carbocycles. The molecule has 0 saturated heterocycles. The number of carbonyl (C=O) groups excluding carboxylic acids is 1. The van der Waals surface area contributed by atoms with E-state index in [0.29, 0.717) is 16.3 Å². The van der Waals surface area contributed by atoms with Crippen LogP contribution < -0.4 is 14.9 Å². The minimum Gasteiger partial charge on any atom is -0.495 e. The third-order valence-corrected chi connectivity index (χ3v) is 3.54. The molecule has 2 aromatic rings. The Morgan fingerprint density at radius 1 is 1.31 bits per heavy atom. The molecule has 0 fully saturated rings. The van der Waals surface area contributed by atoms with E-state index >= 15 is 0 Å². The first kappa shape index (κ1) is 19.2. The third kappa shape index (κ3) is 5.18. The molecule has 136 valence electrons. The molecule has 26 heavy (non-hydrogen) atoms. The molecular weight excluding hydrogens is 362 g/mol. The minimum atomic E-state index is -0.564. The Morgan fingerprint density at radius 3 is 2.69 bits per heavy atom. The van der Waals surface area contributed by atoms with Crippen molar-refractivity contribution < 1.29 is 19.2 Å². The first-order valence-electron chi connectivity index (χ1n) is 7.44. The molecule has 0 atom stereocenters. The van der Waals surface area contributed by atoms with Crippen LogP contribution in [-0.4, -0.2) is 30.8 Å². The van der Waals surface area contributed by atoms with Crippen molar-refractivity contribution in [1.82, 2.24) is 5.43 Å². The number of halogens is 1. The van der Waals surface area contributed by atoms with Crippen LogP contribution in [0.3, 0.4) is 0 Å². The van der Waals surface area contributed by atoms with E-state index in [2.05, 4.69) is 10.5 Å². The highest BCUT2D eigenvalue weighted by molar-refractivity contribution is 6.32. The summed E-state index contributed by atoms with van der Waals surface area (Å²) < 4.78 is 10.2. The lowest BCUT2D eigenvalue weighted by Gasteiger charge is -2.06. The fourth-order valence-corrected chi connectivity index (χ4v) is 2.28. The molecule has 2 aromatic carbocycles. The molecule has 0 aliphatic carbocycles. The van der Waals surface area contributed by atoms with E-state index in [1.54, 1.807) is 31.2 Å². The highest BCUT2D eigenvalue weighted by atomic mass is 35.5.